The molecule has 4 atom stereocenters. The van der Waals surface area contributed by atoms with E-state index >= 15 is 0 Å². The third kappa shape index (κ3) is 5.01. The maximum Gasteiger partial charge on any atom is 0.147 e. The van der Waals surface area contributed by atoms with Crippen LogP contribution in [0.3, 0.4) is 0 Å². The van der Waals surface area contributed by atoms with Crippen LogP contribution in [0.25, 0.3) is 0 Å². The Balaban J connectivity index is 2.44. The molecular formula is C11H14O4S2. The van der Waals surface area contributed by atoms with Crippen LogP contribution in [0.1, 0.15) is 0 Å². The van der Waals surface area contributed by atoms with Crippen molar-refractivity contribution in [2.45, 2.75) is 12.2 Å². The fourth-order valence-electron chi connectivity index (χ4n) is 1.41. The lowest BCUT2D eigenvalue weighted by Gasteiger charge is -2.15. The molecule has 0 saturated carbocycles. The highest BCUT2D eigenvalue weighted by Crippen LogP contribution is 2.15. The summed E-state index contributed by atoms with van der Waals surface area (Å²) in [6.07, 6.45) is 9.52. The van der Waals surface area contributed by atoms with E-state index in [0.29, 0.717) is 11.5 Å². The fourth-order valence-corrected chi connectivity index (χ4v) is 3.37. The number of hydrogen-bond acceptors (Lipinski definition) is 4. The molecule has 0 spiro atoms. The van der Waals surface area contributed by atoms with E-state index in [1.54, 1.807) is 0 Å². The van der Waals surface area contributed by atoms with Gasteiger partial charge in [-0.05, 0) is 0 Å². The van der Waals surface area contributed by atoms with Gasteiger partial charge in [-0.1, -0.05) is 11.8 Å². The van der Waals surface area contributed by atoms with Crippen molar-refractivity contribution in [3.8, 4) is 24.7 Å². The second kappa shape index (κ2) is 7.62. The Hall–Kier alpha value is -0.660. The number of rotatable bonds is 6. The van der Waals surface area contributed by atoms with E-state index in [2.05, 4.69) is 11.8 Å². The van der Waals surface area contributed by atoms with Crippen LogP contribution < -0.4 is 0 Å². The highest BCUT2D eigenvalue weighted by Gasteiger charge is 2.31. The molecule has 94 valence electrons. The highest BCUT2D eigenvalue weighted by molar-refractivity contribution is 7.85. The van der Waals surface area contributed by atoms with Gasteiger partial charge in [-0.3, -0.25) is 8.42 Å². The van der Waals surface area contributed by atoms with Crippen LogP contribution in [0.15, 0.2) is 0 Å². The van der Waals surface area contributed by atoms with Gasteiger partial charge in [0.2, 0.25) is 0 Å². The molecule has 0 radical (unpaired) electrons. The summed E-state index contributed by atoms with van der Waals surface area (Å²) >= 11 is 0. The van der Waals surface area contributed by atoms with Crippen molar-refractivity contribution < 1.29 is 17.9 Å². The Kier molecular flexibility index (Phi) is 6.46. The van der Waals surface area contributed by atoms with Gasteiger partial charge in [0.15, 0.2) is 0 Å². The highest BCUT2D eigenvalue weighted by atomic mass is 32.2. The summed E-state index contributed by atoms with van der Waals surface area (Å²) in [5, 5.41) is 0. The third-order valence-electron chi connectivity index (χ3n) is 2.17. The summed E-state index contributed by atoms with van der Waals surface area (Å²) in [7, 11) is -2.26. The molecule has 1 heterocycles. The Morgan fingerprint density at radius 1 is 1.00 bits per heavy atom. The average molecular weight is 274 g/mol. The van der Waals surface area contributed by atoms with E-state index < -0.39 is 21.6 Å². The molecule has 1 saturated heterocycles. The second-order valence-electron chi connectivity index (χ2n) is 3.44. The van der Waals surface area contributed by atoms with Gasteiger partial charge in [0.05, 0.1) is 35.2 Å². The fraction of sp³-hybridized carbons (Fsp3) is 0.636. The average Bonchev–Trinajstić information content (AvgIpc) is 2.66. The summed E-state index contributed by atoms with van der Waals surface area (Å²) in [4.78, 5) is 0. The van der Waals surface area contributed by atoms with Crippen LogP contribution in [0.2, 0.25) is 0 Å². The van der Waals surface area contributed by atoms with Crippen LogP contribution in [0.5, 0.6) is 0 Å². The van der Waals surface area contributed by atoms with Gasteiger partial charge in [-0.15, -0.1) is 12.8 Å². The predicted molar refractivity (Wildman–Crippen MR) is 68.0 cm³/mol. The van der Waals surface area contributed by atoms with Crippen LogP contribution in [-0.4, -0.2) is 50.4 Å². The van der Waals surface area contributed by atoms with Crippen LogP contribution in [0, 0.1) is 24.7 Å². The van der Waals surface area contributed by atoms with Crippen molar-refractivity contribution in [3.63, 3.8) is 0 Å². The summed E-state index contributed by atoms with van der Waals surface area (Å²) in [5.74, 6) is 5.67. The Morgan fingerprint density at radius 3 is 1.76 bits per heavy atom. The minimum Gasteiger partial charge on any atom is -0.348 e. The summed E-state index contributed by atoms with van der Waals surface area (Å²) in [6, 6.07) is 0. The van der Waals surface area contributed by atoms with Gasteiger partial charge >= 0.3 is 0 Å². The Morgan fingerprint density at radius 2 is 1.41 bits per heavy atom. The molecule has 1 aliphatic heterocycles. The molecule has 1 fully saturated rings. The van der Waals surface area contributed by atoms with Gasteiger partial charge in [0, 0.05) is 21.6 Å². The smallest absolute Gasteiger partial charge is 0.147 e. The lowest BCUT2D eigenvalue weighted by Crippen LogP contribution is -2.33. The van der Waals surface area contributed by atoms with Crippen molar-refractivity contribution in [1.82, 2.24) is 0 Å². The Labute approximate surface area is 106 Å². The second-order valence-corrected chi connectivity index (χ2v) is 6.44. The largest absolute Gasteiger partial charge is 0.348 e. The Bertz CT molecular complexity index is 344. The molecule has 4 nitrogen and oxygen atoms in total. The summed E-state index contributed by atoms with van der Waals surface area (Å²) in [6.45, 7) is 0.135. The molecular weight excluding hydrogens is 260 g/mol. The van der Waals surface area contributed by atoms with Crippen molar-refractivity contribution >= 4 is 21.6 Å². The first-order chi connectivity index (χ1) is 8.17. The van der Waals surface area contributed by atoms with Gasteiger partial charge < -0.3 is 9.47 Å². The zero-order valence-corrected chi connectivity index (χ0v) is 10.9. The van der Waals surface area contributed by atoms with Gasteiger partial charge in [-0.2, -0.15) is 0 Å². The molecule has 1 rings (SSSR count). The molecule has 0 aromatic rings. The number of hydrogen-bond donors (Lipinski definition) is 0. The third-order valence-corrected chi connectivity index (χ3v) is 4.55. The lowest BCUT2D eigenvalue weighted by atomic mass is 10.3. The first-order valence-electron chi connectivity index (χ1n) is 4.97. The molecule has 6 heteroatoms. The lowest BCUT2D eigenvalue weighted by molar-refractivity contribution is 0.0442. The molecule has 0 aromatic carbocycles. The summed E-state index contributed by atoms with van der Waals surface area (Å²) < 4.78 is 33.5. The van der Waals surface area contributed by atoms with E-state index in [1.165, 1.54) is 0 Å². The van der Waals surface area contributed by atoms with Crippen LogP contribution >= 0.6 is 0 Å². The quantitative estimate of drug-likeness (QED) is 0.612. The molecule has 0 aliphatic carbocycles. The monoisotopic (exact) mass is 274 g/mol. The first-order valence-corrected chi connectivity index (χ1v) is 7.95. The molecule has 4 unspecified atom stereocenters. The zero-order chi connectivity index (χ0) is 12.7. The van der Waals surface area contributed by atoms with Crippen molar-refractivity contribution in [2.24, 2.45) is 0 Å². The van der Waals surface area contributed by atoms with E-state index in [9.17, 15) is 8.42 Å². The zero-order valence-electron chi connectivity index (χ0n) is 9.29. The predicted octanol–water partition coefficient (Wildman–Crippen LogP) is -0.508. The molecule has 0 aromatic heterocycles. The minimum atomic E-state index is -1.13. The standard InChI is InChI=1S/C11H14O4S2/c1-3-5-16(12)7-10-11(15-9-14-10)8-17(13)6-4-2/h1-2,10-11H,5-9H2. The van der Waals surface area contributed by atoms with Crippen LogP contribution in [-0.2, 0) is 31.1 Å². The minimum absolute atomic E-state index is 0.135. The molecule has 0 amide bonds. The SMILES string of the molecule is C#CCS(=O)CC1OCOC1CS(=O)CC#C. The normalized spacial score (nSPS) is 26.9. The van der Waals surface area contributed by atoms with E-state index in [1.807, 2.05) is 0 Å². The molecule has 17 heavy (non-hydrogen) atoms. The van der Waals surface area contributed by atoms with Crippen molar-refractivity contribution in [3.05, 3.63) is 0 Å². The van der Waals surface area contributed by atoms with Gasteiger partial charge in [0.1, 0.15) is 6.79 Å². The first kappa shape index (κ1) is 14.4. The van der Waals surface area contributed by atoms with E-state index in [4.69, 9.17) is 22.3 Å². The molecule has 1 aliphatic rings. The maximum absolute atomic E-state index is 11.5. The topological polar surface area (TPSA) is 52.6 Å². The molecule has 0 N–H and O–H groups in total. The van der Waals surface area contributed by atoms with E-state index in [0.717, 1.165) is 0 Å². The van der Waals surface area contributed by atoms with E-state index in [-0.39, 0.29) is 30.5 Å². The van der Waals surface area contributed by atoms with Crippen molar-refractivity contribution in [1.29, 1.82) is 0 Å². The van der Waals surface area contributed by atoms with Gasteiger partial charge in [0.25, 0.3) is 0 Å². The van der Waals surface area contributed by atoms with Gasteiger partial charge in [-0.25, -0.2) is 0 Å². The van der Waals surface area contributed by atoms with Crippen molar-refractivity contribution in [2.75, 3.05) is 29.8 Å². The summed E-state index contributed by atoms with van der Waals surface area (Å²) in [5.41, 5.74) is 0. The number of ether oxygens (including phenoxy) is 2. The molecule has 0 bridgehead atoms. The maximum atomic E-state index is 11.5. The van der Waals surface area contributed by atoms with Crippen LogP contribution in [0.4, 0.5) is 0 Å². The number of terminal acetylenes is 2.